The van der Waals surface area contributed by atoms with Gasteiger partial charge in [-0.2, -0.15) is 0 Å². The van der Waals surface area contributed by atoms with Gasteiger partial charge < -0.3 is 30.0 Å². The zero-order chi connectivity index (χ0) is 15.8. The summed E-state index contributed by atoms with van der Waals surface area (Å²) in [7, 11) is 4.30. The molecule has 0 saturated heterocycles. The van der Waals surface area contributed by atoms with Gasteiger partial charge in [0.25, 0.3) is 0 Å². The molecule has 0 aliphatic carbocycles. The first-order valence-electron chi connectivity index (χ1n) is 6.54. The molecule has 0 radical (unpaired) electrons. The largest absolute Gasteiger partial charge is 0.504 e. The molecule has 1 aromatic carbocycles. The van der Waals surface area contributed by atoms with E-state index in [0.717, 1.165) is 0 Å². The standard InChI is InChI=1S/C14H22N2O5/c1-9(15-7-8-16-14(18)21-4)10-5-6-11(19-2)13(20-3)12(10)17/h5-6,9,15,17H,7-8H2,1-4H3,(H,16,18). The fourth-order valence-corrected chi connectivity index (χ4v) is 1.91. The topological polar surface area (TPSA) is 89.1 Å². The predicted octanol–water partition coefficient (Wildman–Crippen LogP) is 1.42. The summed E-state index contributed by atoms with van der Waals surface area (Å²) in [5.41, 5.74) is 0.686. The summed E-state index contributed by atoms with van der Waals surface area (Å²) in [4.78, 5) is 10.9. The molecule has 1 amide bonds. The van der Waals surface area contributed by atoms with E-state index in [-0.39, 0.29) is 11.8 Å². The summed E-state index contributed by atoms with van der Waals surface area (Å²) in [6.45, 7) is 2.86. The highest BCUT2D eigenvalue weighted by atomic mass is 16.5. The Bertz CT molecular complexity index is 479. The molecular formula is C14H22N2O5. The van der Waals surface area contributed by atoms with E-state index in [1.54, 1.807) is 12.1 Å². The van der Waals surface area contributed by atoms with Gasteiger partial charge >= 0.3 is 6.09 Å². The van der Waals surface area contributed by atoms with E-state index in [2.05, 4.69) is 15.4 Å². The predicted molar refractivity (Wildman–Crippen MR) is 78.0 cm³/mol. The van der Waals surface area contributed by atoms with Gasteiger partial charge in [0.2, 0.25) is 5.75 Å². The van der Waals surface area contributed by atoms with E-state index < -0.39 is 6.09 Å². The zero-order valence-electron chi connectivity index (χ0n) is 12.7. The molecule has 1 rings (SSSR count). The minimum atomic E-state index is -0.474. The van der Waals surface area contributed by atoms with Gasteiger partial charge in [0.15, 0.2) is 11.5 Å². The number of aromatic hydroxyl groups is 1. The fraction of sp³-hybridized carbons (Fsp3) is 0.500. The van der Waals surface area contributed by atoms with Crippen LogP contribution in [0.15, 0.2) is 12.1 Å². The Hall–Kier alpha value is -2.15. The van der Waals surface area contributed by atoms with Crippen molar-refractivity contribution in [2.75, 3.05) is 34.4 Å². The van der Waals surface area contributed by atoms with Gasteiger partial charge in [0.1, 0.15) is 0 Å². The van der Waals surface area contributed by atoms with Gasteiger partial charge in [-0.25, -0.2) is 4.79 Å². The number of hydrogen-bond acceptors (Lipinski definition) is 6. The van der Waals surface area contributed by atoms with Crippen molar-refractivity contribution in [1.29, 1.82) is 0 Å². The van der Waals surface area contributed by atoms with Crippen molar-refractivity contribution >= 4 is 6.09 Å². The summed E-state index contributed by atoms with van der Waals surface area (Å²) in [5, 5.41) is 16.0. The molecule has 0 spiro atoms. The van der Waals surface area contributed by atoms with Gasteiger partial charge in [-0.3, -0.25) is 0 Å². The lowest BCUT2D eigenvalue weighted by atomic mass is 10.1. The lowest BCUT2D eigenvalue weighted by molar-refractivity contribution is 0.171. The third-order valence-electron chi connectivity index (χ3n) is 3.05. The first-order chi connectivity index (χ1) is 10.0. The Balaban J connectivity index is 2.66. The molecule has 0 aromatic heterocycles. The molecule has 0 bridgehead atoms. The van der Waals surface area contributed by atoms with Crippen LogP contribution in [-0.2, 0) is 4.74 Å². The quantitative estimate of drug-likeness (QED) is 0.660. The number of alkyl carbamates (subject to hydrolysis) is 1. The smallest absolute Gasteiger partial charge is 0.406 e. The van der Waals surface area contributed by atoms with E-state index in [9.17, 15) is 9.90 Å². The minimum Gasteiger partial charge on any atom is -0.504 e. The number of carbonyl (C=O) groups is 1. The molecule has 0 saturated carbocycles. The highest BCUT2D eigenvalue weighted by molar-refractivity contribution is 5.66. The fourth-order valence-electron chi connectivity index (χ4n) is 1.91. The van der Waals surface area contributed by atoms with Gasteiger partial charge in [0.05, 0.1) is 21.3 Å². The van der Waals surface area contributed by atoms with Crippen molar-refractivity contribution in [3.8, 4) is 17.2 Å². The molecule has 0 heterocycles. The van der Waals surface area contributed by atoms with Crippen LogP contribution in [0.2, 0.25) is 0 Å². The highest BCUT2D eigenvalue weighted by Crippen LogP contribution is 2.40. The number of amides is 1. The summed E-state index contributed by atoms with van der Waals surface area (Å²) in [6, 6.07) is 3.38. The minimum absolute atomic E-state index is 0.0396. The van der Waals surface area contributed by atoms with Crippen molar-refractivity contribution in [2.24, 2.45) is 0 Å². The van der Waals surface area contributed by atoms with E-state index in [0.29, 0.717) is 30.2 Å². The molecule has 7 nitrogen and oxygen atoms in total. The van der Waals surface area contributed by atoms with Crippen molar-refractivity contribution in [1.82, 2.24) is 10.6 Å². The van der Waals surface area contributed by atoms with Crippen LogP contribution in [0.1, 0.15) is 18.5 Å². The van der Waals surface area contributed by atoms with E-state index >= 15 is 0 Å². The lowest BCUT2D eigenvalue weighted by Crippen LogP contribution is -2.32. The van der Waals surface area contributed by atoms with E-state index in [1.807, 2.05) is 6.92 Å². The molecule has 1 unspecified atom stereocenters. The first kappa shape index (κ1) is 16.9. The van der Waals surface area contributed by atoms with Gasteiger partial charge in [0, 0.05) is 24.7 Å². The number of phenols is 1. The number of rotatable bonds is 7. The number of benzene rings is 1. The SMILES string of the molecule is COC(=O)NCCNC(C)c1ccc(OC)c(OC)c1O. The number of carbonyl (C=O) groups excluding carboxylic acids is 1. The second kappa shape index (κ2) is 8.21. The van der Waals surface area contributed by atoms with Crippen molar-refractivity contribution in [3.05, 3.63) is 17.7 Å². The number of phenolic OH excluding ortho intramolecular Hbond substituents is 1. The van der Waals surface area contributed by atoms with Crippen LogP contribution < -0.4 is 20.1 Å². The molecular weight excluding hydrogens is 276 g/mol. The Labute approximate surface area is 124 Å². The van der Waals surface area contributed by atoms with Gasteiger partial charge in [-0.15, -0.1) is 0 Å². The lowest BCUT2D eigenvalue weighted by Gasteiger charge is -2.18. The van der Waals surface area contributed by atoms with E-state index in [1.165, 1.54) is 21.3 Å². The number of nitrogens with one attached hydrogen (secondary N) is 2. The third kappa shape index (κ3) is 4.42. The zero-order valence-corrected chi connectivity index (χ0v) is 12.7. The Morgan fingerprint density at radius 3 is 2.52 bits per heavy atom. The van der Waals surface area contributed by atoms with Crippen LogP contribution in [0.25, 0.3) is 0 Å². The van der Waals surface area contributed by atoms with Gasteiger partial charge in [-0.1, -0.05) is 0 Å². The molecule has 0 aliphatic heterocycles. The third-order valence-corrected chi connectivity index (χ3v) is 3.05. The van der Waals surface area contributed by atoms with Crippen molar-refractivity contribution < 1.29 is 24.1 Å². The second-order valence-corrected chi connectivity index (χ2v) is 4.33. The molecule has 0 fully saturated rings. The van der Waals surface area contributed by atoms with Crippen LogP contribution in [0.4, 0.5) is 4.79 Å². The molecule has 1 aromatic rings. The normalized spacial score (nSPS) is 11.6. The molecule has 3 N–H and O–H groups in total. The summed E-state index contributed by atoms with van der Waals surface area (Å²) >= 11 is 0. The van der Waals surface area contributed by atoms with Gasteiger partial charge in [-0.05, 0) is 19.1 Å². The monoisotopic (exact) mass is 298 g/mol. The van der Waals surface area contributed by atoms with Crippen LogP contribution >= 0.6 is 0 Å². The maximum Gasteiger partial charge on any atom is 0.406 e. The van der Waals surface area contributed by atoms with Crippen LogP contribution in [-0.4, -0.2) is 45.6 Å². The molecule has 118 valence electrons. The number of methoxy groups -OCH3 is 3. The van der Waals surface area contributed by atoms with E-state index in [4.69, 9.17) is 9.47 Å². The molecule has 0 aliphatic rings. The number of ether oxygens (including phenoxy) is 3. The van der Waals surface area contributed by atoms with Crippen LogP contribution in [0.3, 0.4) is 0 Å². The summed E-state index contributed by atoms with van der Waals surface area (Å²) in [6.07, 6.45) is -0.474. The summed E-state index contributed by atoms with van der Waals surface area (Å²) in [5.74, 6) is 0.812. The highest BCUT2D eigenvalue weighted by Gasteiger charge is 2.17. The summed E-state index contributed by atoms with van der Waals surface area (Å²) < 4.78 is 14.7. The molecule has 21 heavy (non-hydrogen) atoms. The first-order valence-corrected chi connectivity index (χ1v) is 6.54. The van der Waals surface area contributed by atoms with Crippen molar-refractivity contribution in [2.45, 2.75) is 13.0 Å². The average Bonchev–Trinajstić information content (AvgIpc) is 2.50. The maximum atomic E-state index is 10.9. The maximum absolute atomic E-state index is 10.9. The second-order valence-electron chi connectivity index (χ2n) is 4.33. The molecule has 1 atom stereocenters. The van der Waals surface area contributed by atoms with Crippen LogP contribution in [0.5, 0.6) is 17.2 Å². The average molecular weight is 298 g/mol. The Morgan fingerprint density at radius 2 is 1.95 bits per heavy atom. The molecule has 7 heteroatoms. The Kier molecular flexibility index (Phi) is 6.61. The van der Waals surface area contributed by atoms with Crippen molar-refractivity contribution in [3.63, 3.8) is 0 Å². The Morgan fingerprint density at radius 1 is 1.24 bits per heavy atom. The van der Waals surface area contributed by atoms with Crippen LogP contribution in [0, 0.1) is 0 Å². The number of hydrogen-bond donors (Lipinski definition) is 3.